The number of amides is 1. The first-order valence-corrected chi connectivity index (χ1v) is 11.6. The first-order valence-electron chi connectivity index (χ1n) is 11.6. The number of aromatic nitrogens is 1. The number of benzene rings is 2. The van der Waals surface area contributed by atoms with Crippen molar-refractivity contribution in [1.82, 2.24) is 15.2 Å². The Morgan fingerprint density at radius 1 is 1.18 bits per heavy atom. The molecular formula is C27H31N5O2. The van der Waals surface area contributed by atoms with Crippen LogP contribution in [0.4, 0.5) is 5.69 Å². The van der Waals surface area contributed by atoms with Crippen molar-refractivity contribution in [3.05, 3.63) is 71.4 Å². The molecule has 34 heavy (non-hydrogen) atoms. The summed E-state index contributed by atoms with van der Waals surface area (Å²) in [5.74, 6) is 1.86. The zero-order valence-electron chi connectivity index (χ0n) is 19.9. The molecule has 2 aromatic carbocycles. The highest BCUT2D eigenvalue weighted by Crippen LogP contribution is 2.29. The molecule has 176 valence electrons. The van der Waals surface area contributed by atoms with Crippen molar-refractivity contribution in [1.29, 1.82) is 5.41 Å². The van der Waals surface area contributed by atoms with E-state index < -0.39 is 0 Å². The molecule has 0 aliphatic carbocycles. The van der Waals surface area contributed by atoms with E-state index in [1.807, 2.05) is 55.6 Å². The van der Waals surface area contributed by atoms with Gasteiger partial charge in [-0.25, -0.2) is 0 Å². The minimum atomic E-state index is -0.0169. The highest BCUT2D eigenvalue weighted by molar-refractivity contribution is 5.96. The average Bonchev–Trinajstić information content (AvgIpc) is 2.85. The van der Waals surface area contributed by atoms with Gasteiger partial charge in [-0.2, -0.15) is 0 Å². The Morgan fingerprint density at radius 2 is 1.97 bits per heavy atom. The van der Waals surface area contributed by atoms with Gasteiger partial charge in [-0.05, 0) is 49.4 Å². The van der Waals surface area contributed by atoms with E-state index in [2.05, 4.69) is 34.5 Å². The van der Waals surface area contributed by atoms with Crippen molar-refractivity contribution in [3.63, 3.8) is 0 Å². The summed E-state index contributed by atoms with van der Waals surface area (Å²) in [6.07, 6.45) is 3.78. The molecular weight excluding hydrogens is 426 g/mol. The maximum absolute atomic E-state index is 12.8. The SMILES string of the molecule is CCc1cc(-c2cc(Oc3ccc(C=N)c(NC)c3)ccn2)ccc1C(=O)NCC1CN(C)C1. The topological polar surface area (TPSA) is 90.3 Å². The second-order valence-corrected chi connectivity index (χ2v) is 8.64. The Kier molecular flexibility index (Phi) is 7.23. The number of carbonyl (C=O) groups excluding carboxylic acids is 1. The molecule has 2 heterocycles. The number of ether oxygens (including phenoxy) is 1. The number of hydrogen-bond acceptors (Lipinski definition) is 6. The van der Waals surface area contributed by atoms with Gasteiger partial charge in [0.25, 0.3) is 5.91 Å². The number of pyridine rings is 1. The molecule has 0 spiro atoms. The third kappa shape index (κ3) is 5.26. The van der Waals surface area contributed by atoms with Gasteiger partial charge in [0.1, 0.15) is 11.5 Å². The summed E-state index contributed by atoms with van der Waals surface area (Å²) >= 11 is 0. The summed E-state index contributed by atoms with van der Waals surface area (Å²) < 4.78 is 6.06. The van der Waals surface area contributed by atoms with Gasteiger partial charge in [-0.1, -0.05) is 13.0 Å². The fourth-order valence-corrected chi connectivity index (χ4v) is 4.27. The molecule has 7 nitrogen and oxygen atoms in total. The molecule has 0 saturated carbocycles. The number of likely N-dealkylation sites (tertiary alicyclic amines) is 1. The van der Waals surface area contributed by atoms with Crippen molar-refractivity contribution >= 4 is 17.8 Å². The van der Waals surface area contributed by atoms with Crippen molar-refractivity contribution < 1.29 is 9.53 Å². The van der Waals surface area contributed by atoms with E-state index in [0.717, 1.165) is 53.1 Å². The first kappa shape index (κ1) is 23.4. The van der Waals surface area contributed by atoms with Crippen LogP contribution in [0.2, 0.25) is 0 Å². The molecule has 3 aromatic rings. The number of rotatable bonds is 9. The van der Waals surface area contributed by atoms with Crippen molar-refractivity contribution in [2.75, 3.05) is 39.0 Å². The molecule has 1 amide bonds. The van der Waals surface area contributed by atoms with Crippen LogP contribution < -0.4 is 15.4 Å². The lowest BCUT2D eigenvalue weighted by Crippen LogP contribution is -2.49. The molecule has 1 aromatic heterocycles. The molecule has 4 rings (SSSR count). The van der Waals surface area contributed by atoms with Crippen LogP contribution >= 0.6 is 0 Å². The third-order valence-electron chi connectivity index (χ3n) is 6.13. The zero-order valence-corrected chi connectivity index (χ0v) is 19.9. The summed E-state index contributed by atoms with van der Waals surface area (Å²) in [6, 6.07) is 15.1. The van der Waals surface area contributed by atoms with E-state index in [1.165, 1.54) is 6.21 Å². The molecule has 0 bridgehead atoms. The van der Waals surface area contributed by atoms with Gasteiger partial charge in [-0.3, -0.25) is 9.78 Å². The zero-order chi connectivity index (χ0) is 24.1. The number of anilines is 1. The minimum absolute atomic E-state index is 0.0169. The largest absolute Gasteiger partial charge is 0.457 e. The normalized spacial score (nSPS) is 13.7. The minimum Gasteiger partial charge on any atom is -0.457 e. The second kappa shape index (κ2) is 10.5. The predicted molar refractivity (Wildman–Crippen MR) is 136 cm³/mol. The van der Waals surface area contributed by atoms with Gasteiger partial charge in [0.2, 0.25) is 0 Å². The van der Waals surface area contributed by atoms with E-state index in [0.29, 0.717) is 24.0 Å². The van der Waals surface area contributed by atoms with Gasteiger partial charge in [0.05, 0.1) is 5.69 Å². The van der Waals surface area contributed by atoms with Crippen molar-refractivity contribution in [2.45, 2.75) is 13.3 Å². The van der Waals surface area contributed by atoms with E-state index in [-0.39, 0.29) is 5.91 Å². The van der Waals surface area contributed by atoms with Crippen LogP contribution in [0.25, 0.3) is 11.3 Å². The summed E-state index contributed by atoms with van der Waals surface area (Å²) in [5, 5.41) is 13.7. The fourth-order valence-electron chi connectivity index (χ4n) is 4.27. The Morgan fingerprint density at radius 3 is 2.68 bits per heavy atom. The quantitative estimate of drug-likeness (QED) is 0.414. The number of nitrogens with zero attached hydrogens (tertiary/aromatic N) is 2. The van der Waals surface area contributed by atoms with Gasteiger partial charge in [-0.15, -0.1) is 0 Å². The van der Waals surface area contributed by atoms with E-state index in [9.17, 15) is 4.79 Å². The van der Waals surface area contributed by atoms with Crippen LogP contribution in [0.5, 0.6) is 11.5 Å². The van der Waals surface area contributed by atoms with Crippen LogP contribution in [-0.4, -0.2) is 55.7 Å². The Balaban J connectivity index is 1.50. The molecule has 1 aliphatic heterocycles. The maximum atomic E-state index is 12.8. The lowest BCUT2D eigenvalue weighted by atomic mass is 9.98. The van der Waals surface area contributed by atoms with Gasteiger partial charge < -0.3 is 25.7 Å². The summed E-state index contributed by atoms with van der Waals surface area (Å²) in [5.41, 5.74) is 5.05. The standard InChI is InChI=1S/C27H31N5O2/c1-4-19-11-20(6-8-24(19)27(33)31-15-18-16-32(3)17-18)26-13-23(9-10-30-26)34-22-7-5-21(14-28)25(12-22)29-2/h5-14,18,28-29H,4,15-17H2,1-3H3,(H,31,33). The Bertz CT molecular complexity index is 1190. The van der Waals surface area contributed by atoms with Gasteiger partial charge in [0, 0.05) is 79.5 Å². The van der Waals surface area contributed by atoms with Crippen molar-refractivity contribution in [2.24, 2.45) is 5.92 Å². The highest BCUT2D eigenvalue weighted by Gasteiger charge is 2.23. The van der Waals surface area contributed by atoms with Gasteiger partial charge >= 0.3 is 0 Å². The van der Waals surface area contributed by atoms with E-state index in [4.69, 9.17) is 10.1 Å². The highest BCUT2D eigenvalue weighted by atomic mass is 16.5. The average molecular weight is 458 g/mol. The summed E-state index contributed by atoms with van der Waals surface area (Å²) in [6.45, 7) is 4.84. The fraction of sp³-hybridized carbons (Fsp3) is 0.296. The molecule has 0 atom stereocenters. The molecule has 1 aliphatic rings. The Hall–Kier alpha value is -3.71. The van der Waals surface area contributed by atoms with Crippen LogP contribution in [-0.2, 0) is 6.42 Å². The Labute approximate surface area is 200 Å². The molecule has 3 N–H and O–H groups in total. The van der Waals surface area contributed by atoms with Gasteiger partial charge in [0.15, 0.2) is 0 Å². The lowest BCUT2D eigenvalue weighted by Gasteiger charge is -2.36. The van der Waals surface area contributed by atoms with E-state index in [1.54, 1.807) is 6.20 Å². The molecule has 1 saturated heterocycles. The number of carbonyl (C=O) groups is 1. The van der Waals surface area contributed by atoms with Crippen LogP contribution in [0, 0.1) is 11.3 Å². The van der Waals surface area contributed by atoms with Crippen molar-refractivity contribution in [3.8, 4) is 22.8 Å². The molecule has 0 radical (unpaired) electrons. The summed E-state index contributed by atoms with van der Waals surface area (Å²) in [7, 11) is 3.91. The number of aryl methyl sites for hydroxylation is 1. The molecule has 1 fully saturated rings. The first-order chi connectivity index (χ1) is 16.5. The smallest absolute Gasteiger partial charge is 0.251 e. The molecule has 7 heteroatoms. The second-order valence-electron chi connectivity index (χ2n) is 8.64. The number of hydrogen-bond donors (Lipinski definition) is 3. The predicted octanol–water partition coefficient (Wildman–Crippen LogP) is 4.43. The van der Waals surface area contributed by atoms with Crippen LogP contribution in [0.3, 0.4) is 0 Å². The third-order valence-corrected chi connectivity index (χ3v) is 6.13. The maximum Gasteiger partial charge on any atom is 0.251 e. The number of nitrogens with one attached hydrogen (secondary N) is 3. The lowest BCUT2D eigenvalue weighted by molar-refractivity contribution is 0.0897. The summed E-state index contributed by atoms with van der Waals surface area (Å²) in [4.78, 5) is 19.5. The van der Waals surface area contributed by atoms with Crippen LogP contribution in [0.15, 0.2) is 54.7 Å². The molecule has 0 unspecified atom stereocenters. The monoisotopic (exact) mass is 457 g/mol. The van der Waals surface area contributed by atoms with Crippen LogP contribution in [0.1, 0.15) is 28.4 Å². The van der Waals surface area contributed by atoms with E-state index >= 15 is 0 Å².